The predicted octanol–water partition coefficient (Wildman–Crippen LogP) is 1.28. The predicted molar refractivity (Wildman–Crippen MR) is 58.5 cm³/mol. The fourth-order valence-corrected chi connectivity index (χ4v) is 1.14. The molecular weight excluding hydrogens is 210 g/mol. The van der Waals surface area contributed by atoms with Crippen LogP contribution >= 0.6 is 0 Å². The third-order valence-electron chi connectivity index (χ3n) is 1.95. The lowest BCUT2D eigenvalue weighted by Gasteiger charge is -2.06. The fourth-order valence-electron chi connectivity index (χ4n) is 1.14. The van der Waals surface area contributed by atoms with Gasteiger partial charge in [0.05, 0.1) is 0 Å². The van der Waals surface area contributed by atoms with Gasteiger partial charge < -0.3 is 10.8 Å². The molecule has 0 amide bonds. The highest BCUT2D eigenvalue weighted by Gasteiger charge is 2.11. The van der Waals surface area contributed by atoms with E-state index >= 15 is 0 Å². The van der Waals surface area contributed by atoms with Crippen molar-refractivity contribution in [3.63, 3.8) is 0 Å². The Hall–Kier alpha value is -2.24. The van der Waals surface area contributed by atoms with Crippen LogP contribution in [-0.4, -0.2) is 17.1 Å². The highest BCUT2D eigenvalue weighted by Crippen LogP contribution is 2.10. The van der Waals surface area contributed by atoms with Crippen molar-refractivity contribution in [3.05, 3.63) is 40.3 Å². The van der Waals surface area contributed by atoms with Gasteiger partial charge in [-0.15, -0.1) is 5.53 Å². The van der Waals surface area contributed by atoms with Gasteiger partial charge in [-0.2, -0.15) is 4.91 Å². The number of hydrogen-bond acceptors (Lipinski definition) is 3. The van der Waals surface area contributed by atoms with E-state index in [9.17, 15) is 4.79 Å². The van der Waals surface area contributed by atoms with E-state index in [1.807, 2.05) is 0 Å². The van der Waals surface area contributed by atoms with Gasteiger partial charge in [0.15, 0.2) is 0 Å². The van der Waals surface area contributed by atoms with E-state index in [0.717, 1.165) is 5.56 Å². The molecule has 0 aromatic heterocycles. The van der Waals surface area contributed by atoms with Gasteiger partial charge in [-0.05, 0) is 29.3 Å². The number of anilines is 1. The molecule has 1 aromatic rings. The normalized spacial score (nSPS) is 11.3. The van der Waals surface area contributed by atoms with Crippen molar-refractivity contribution in [2.24, 2.45) is 11.0 Å². The van der Waals surface area contributed by atoms with E-state index in [4.69, 9.17) is 16.4 Å². The van der Waals surface area contributed by atoms with Crippen LogP contribution in [0.3, 0.4) is 0 Å². The van der Waals surface area contributed by atoms with Crippen LogP contribution < -0.4 is 11.2 Å². The zero-order valence-electron chi connectivity index (χ0n) is 8.37. The number of carboxylic acids is 1. The Labute approximate surface area is 91.5 Å². The van der Waals surface area contributed by atoms with Crippen molar-refractivity contribution in [1.82, 2.24) is 0 Å². The lowest BCUT2D eigenvalue weighted by atomic mass is 10.1. The molecule has 0 heterocycles. The molecule has 0 spiro atoms. The van der Waals surface area contributed by atoms with E-state index < -0.39 is 12.0 Å². The molecule has 0 saturated carbocycles. The van der Waals surface area contributed by atoms with Crippen LogP contribution in [0.15, 0.2) is 29.5 Å². The van der Waals surface area contributed by atoms with Crippen LogP contribution in [0.4, 0.5) is 5.69 Å². The molecule has 84 valence electrons. The van der Waals surface area contributed by atoms with Crippen molar-refractivity contribution in [1.29, 1.82) is 0 Å². The number of aliphatic carboxylic acids is 1. The zero-order chi connectivity index (χ0) is 12.0. The molecule has 1 atom stereocenters. The van der Waals surface area contributed by atoms with Gasteiger partial charge in [0.25, 0.3) is 0 Å². The summed E-state index contributed by atoms with van der Waals surface area (Å²) in [5.41, 5.74) is 17.4. The summed E-state index contributed by atoms with van der Waals surface area (Å²) in [6.07, 6.45) is 0.261. The molecule has 0 aliphatic rings. The Kier molecular flexibility index (Phi) is 4.14. The van der Waals surface area contributed by atoms with Gasteiger partial charge in [-0.25, -0.2) is 5.43 Å². The monoisotopic (exact) mass is 221 g/mol. The molecule has 0 unspecified atom stereocenters. The average Bonchev–Trinajstić information content (AvgIpc) is 2.28. The average molecular weight is 221 g/mol. The maximum Gasteiger partial charge on any atom is 0.320 e. The minimum Gasteiger partial charge on any atom is -0.480 e. The van der Waals surface area contributed by atoms with Gasteiger partial charge in [0, 0.05) is 0 Å². The molecule has 0 fully saturated rings. The summed E-state index contributed by atoms with van der Waals surface area (Å²) in [5.74, 6) is -1.03. The van der Waals surface area contributed by atoms with Crippen molar-refractivity contribution in [3.8, 4) is 0 Å². The van der Waals surface area contributed by atoms with Gasteiger partial charge in [0.1, 0.15) is 11.7 Å². The largest absolute Gasteiger partial charge is 0.480 e. The highest BCUT2D eigenvalue weighted by atomic mass is 16.4. The van der Waals surface area contributed by atoms with Crippen LogP contribution in [0, 0.1) is 0 Å². The maximum absolute atomic E-state index is 10.5. The summed E-state index contributed by atoms with van der Waals surface area (Å²) in [4.78, 5) is 13.1. The van der Waals surface area contributed by atoms with E-state index in [1.165, 1.54) is 0 Å². The summed E-state index contributed by atoms with van der Waals surface area (Å²) >= 11 is 0. The molecule has 0 saturated heterocycles. The lowest BCUT2D eigenvalue weighted by molar-refractivity contribution is -0.138. The number of nitrogens with zero attached hydrogens (tertiary/aromatic N) is 3. The third kappa shape index (κ3) is 3.49. The minimum atomic E-state index is -1.03. The first-order valence-corrected chi connectivity index (χ1v) is 4.51. The summed E-state index contributed by atoms with van der Waals surface area (Å²) in [5, 5.41) is 11.8. The fraction of sp³-hybridized carbons (Fsp3) is 0.222. The van der Waals surface area contributed by atoms with Crippen molar-refractivity contribution >= 4 is 11.7 Å². The molecule has 0 aliphatic carbocycles. The van der Waals surface area contributed by atoms with E-state index in [2.05, 4.69) is 15.6 Å². The number of azide groups is 1. The molecule has 0 aliphatic heterocycles. The SMILES string of the molecule is [N-]=[N+]=NNc1ccc(C[C@H](N)C(=O)O)cc1. The lowest BCUT2D eigenvalue weighted by Crippen LogP contribution is -2.32. The van der Waals surface area contributed by atoms with E-state index in [-0.39, 0.29) is 6.42 Å². The Morgan fingerprint density at radius 1 is 1.56 bits per heavy atom. The second kappa shape index (κ2) is 5.59. The molecule has 16 heavy (non-hydrogen) atoms. The quantitative estimate of drug-likeness (QED) is 0.299. The molecule has 1 rings (SSSR count). The first-order valence-electron chi connectivity index (χ1n) is 4.51. The topological polar surface area (TPSA) is 124 Å². The van der Waals surface area contributed by atoms with Crippen molar-refractivity contribution in [2.45, 2.75) is 12.5 Å². The Morgan fingerprint density at radius 2 is 2.19 bits per heavy atom. The maximum atomic E-state index is 10.5. The molecule has 1 aromatic carbocycles. The summed E-state index contributed by atoms with van der Waals surface area (Å²) in [6.45, 7) is 0. The van der Waals surface area contributed by atoms with Crippen LogP contribution in [0.1, 0.15) is 5.56 Å². The molecular formula is C9H11N5O2. The number of carbonyl (C=O) groups is 1. The summed E-state index contributed by atoms with van der Waals surface area (Å²) in [7, 11) is 0. The number of rotatable bonds is 5. The number of hydrogen-bond donors (Lipinski definition) is 3. The smallest absolute Gasteiger partial charge is 0.320 e. The molecule has 7 nitrogen and oxygen atoms in total. The van der Waals surface area contributed by atoms with Crippen molar-refractivity contribution in [2.75, 3.05) is 5.43 Å². The van der Waals surface area contributed by atoms with Crippen LogP contribution in [0.5, 0.6) is 0 Å². The van der Waals surface area contributed by atoms with Crippen LogP contribution in [0.2, 0.25) is 0 Å². The van der Waals surface area contributed by atoms with Gasteiger partial charge >= 0.3 is 5.97 Å². The first kappa shape index (κ1) is 11.8. The summed E-state index contributed by atoms with van der Waals surface area (Å²) in [6, 6.07) is 5.89. The molecule has 0 bridgehead atoms. The number of benzene rings is 1. The first-order chi connectivity index (χ1) is 7.63. The Morgan fingerprint density at radius 3 is 2.69 bits per heavy atom. The standard InChI is InChI=1S/C9H11N5O2/c10-8(9(15)16)5-6-1-3-7(4-2-6)12-14-13-11/h1-4,8,12H,5,10H2,(H,15,16)/t8-/m0/s1. The second-order valence-corrected chi connectivity index (χ2v) is 3.15. The van der Waals surface area contributed by atoms with E-state index in [0.29, 0.717) is 5.69 Å². The van der Waals surface area contributed by atoms with Crippen LogP contribution in [-0.2, 0) is 11.2 Å². The molecule has 4 N–H and O–H groups in total. The number of nitrogens with two attached hydrogens (primary N) is 1. The Balaban J connectivity index is 2.64. The Bertz CT molecular complexity index is 410. The van der Waals surface area contributed by atoms with Crippen LogP contribution in [0.25, 0.3) is 10.4 Å². The summed E-state index contributed by atoms with van der Waals surface area (Å²) < 4.78 is 0. The number of nitrogens with one attached hydrogen (secondary N) is 1. The van der Waals surface area contributed by atoms with Crippen molar-refractivity contribution < 1.29 is 9.90 Å². The molecule has 0 radical (unpaired) electrons. The van der Waals surface area contributed by atoms with Gasteiger partial charge in [-0.3, -0.25) is 4.79 Å². The molecule has 7 heteroatoms. The highest BCUT2D eigenvalue weighted by molar-refractivity contribution is 5.73. The van der Waals surface area contributed by atoms with E-state index in [1.54, 1.807) is 24.3 Å². The third-order valence-corrected chi connectivity index (χ3v) is 1.95. The zero-order valence-corrected chi connectivity index (χ0v) is 8.37. The second-order valence-electron chi connectivity index (χ2n) is 3.15. The minimum absolute atomic E-state index is 0.261. The van der Waals surface area contributed by atoms with Gasteiger partial charge in [-0.1, -0.05) is 12.1 Å². The van der Waals surface area contributed by atoms with Gasteiger partial charge in [0.2, 0.25) is 0 Å². The number of carboxylic acid groups (broad SMARTS) is 1.